The predicted molar refractivity (Wildman–Crippen MR) is 68.3 cm³/mol. The quantitative estimate of drug-likeness (QED) is 0.849. The summed E-state index contributed by atoms with van der Waals surface area (Å²) in [5.41, 5.74) is 1.43. The van der Waals surface area contributed by atoms with Gasteiger partial charge in [-0.2, -0.15) is 5.10 Å². The second-order valence-corrected chi connectivity index (χ2v) is 4.45. The number of halogens is 1. The zero-order chi connectivity index (χ0) is 13.1. The van der Waals surface area contributed by atoms with Crippen molar-refractivity contribution in [1.82, 2.24) is 19.7 Å². The van der Waals surface area contributed by atoms with Crippen LogP contribution in [0.2, 0.25) is 5.02 Å². The summed E-state index contributed by atoms with van der Waals surface area (Å²) in [7, 11) is 3.57. The van der Waals surface area contributed by atoms with E-state index >= 15 is 0 Å². The summed E-state index contributed by atoms with van der Waals surface area (Å²) in [5, 5.41) is 4.42. The number of carbonyl (C=O) groups is 1. The van der Waals surface area contributed by atoms with E-state index in [0.29, 0.717) is 17.1 Å². The highest BCUT2D eigenvalue weighted by atomic mass is 35.5. The summed E-state index contributed by atoms with van der Waals surface area (Å²) in [4.78, 5) is 17.6. The van der Waals surface area contributed by atoms with Gasteiger partial charge in [0.25, 0.3) is 5.91 Å². The van der Waals surface area contributed by atoms with E-state index < -0.39 is 0 Å². The van der Waals surface area contributed by atoms with Crippen LogP contribution in [0.4, 0.5) is 0 Å². The minimum Gasteiger partial charge on any atom is -0.337 e. The average molecular weight is 265 g/mol. The van der Waals surface area contributed by atoms with Crippen molar-refractivity contribution in [2.24, 2.45) is 7.05 Å². The first-order valence-electron chi connectivity index (χ1n) is 5.40. The third-order valence-corrected chi connectivity index (χ3v) is 2.83. The smallest absolute Gasteiger partial charge is 0.255 e. The molecular weight excluding hydrogens is 252 g/mol. The molecule has 0 aromatic carbocycles. The first-order valence-corrected chi connectivity index (χ1v) is 5.78. The average Bonchev–Trinajstić information content (AvgIpc) is 2.74. The van der Waals surface area contributed by atoms with Gasteiger partial charge in [0.05, 0.1) is 16.8 Å². The lowest BCUT2D eigenvalue weighted by atomic mass is 10.2. The number of hydrogen-bond donors (Lipinski definition) is 0. The Morgan fingerprint density at radius 2 is 2.28 bits per heavy atom. The van der Waals surface area contributed by atoms with Crippen molar-refractivity contribution < 1.29 is 4.79 Å². The van der Waals surface area contributed by atoms with Gasteiger partial charge in [-0.25, -0.2) is 0 Å². The van der Waals surface area contributed by atoms with Gasteiger partial charge < -0.3 is 4.90 Å². The third kappa shape index (κ3) is 2.68. The van der Waals surface area contributed by atoms with Crippen molar-refractivity contribution in [3.05, 3.63) is 47.0 Å². The van der Waals surface area contributed by atoms with Crippen LogP contribution in [0.5, 0.6) is 0 Å². The van der Waals surface area contributed by atoms with Gasteiger partial charge in [0, 0.05) is 44.8 Å². The van der Waals surface area contributed by atoms with Crippen LogP contribution < -0.4 is 0 Å². The molecule has 0 aliphatic heterocycles. The Kier molecular flexibility index (Phi) is 3.62. The fourth-order valence-corrected chi connectivity index (χ4v) is 1.85. The molecule has 0 atom stereocenters. The Hall–Kier alpha value is -1.88. The van der Waals surface area contributed by atoms with Gasteiger partial charge in [0.15, 0.2) is 0 Å². The van der Waals surface area contributed by atoms with Gasteiger partial charge in [-0.15, -0.1) is 0 Å². The van der Waals surface area contributed by atoms with Gasteiger partial charge >= 0.3 is 0 Å². The molecule has 2 aromatic heterocycles. The first-order chi connectivity index (χ1) is 8.58. The van der Waals surface area contributed by atoms with Crippen molar-refractivity contribution in [2.75, 3.05) is 7.05 Å². The van der Waals surface area contributed by atoms with E-state index in [0.717, 1.165) is 5.56 Å². The maximum atomic E-state index is 12.2. The molecule has 0 aliphatic carbocycles. The molecule has 0 saturated carbocycles. The van der Waals surface area contributed by atoms with E-state index in [2.05, 4.69) is 10.1 Å². The van der Waals surface area contributed by atoms with Crippen molar-refractivity contribution in [2.45, 2.75) is 6.54 Å². The maximum Gasteiger partial charge on any atom is 0.255 e. The van der Waals surface area contributed by atoms with Crippen molar-refractivity contribution in [3.63, 3.8) is 0 Å². The van der Waals surface area contributed by atoms with E-state index in [1.54, 1.807) is 35.1 Å². The number of aryl methyl sites for hydroxylation is 1. The molecule has 2 aromatic rings. The summed E-state index contributed by atoms with van der Waals surface area (Å²) in [6.07, 6.45) is 6.62. The summed E-state index contributed by atoms with van der Waals surface area (Å²) in [6, 6.07) is 1.62. The molecule has 0 spiro atoms. The second kappa shape index (κ2) is 5.18. The first kappa shape index (κ1) is 12.6. The van der Waals surface area contributed by atoms with E-state index in [1.165, 1.54) is 6.20 Å². The fourth-order valence-electron chi connectivity index (χ4n) is 1.65. The minimum atomic E-state index is -0.133. The van der Waals surface area contributed by atoms with Crippen LogP contribution >= 0.6 is 11.6 Å². The molecule has 0 unspecified atom stereocenters. The Morgan fingerprint density at radius 1 is 1.50 bits per heavy atom. The zero-order valence-corrected chi connectivity index (χ0v) is 10.9. The standard InChI is InChI=1S/C12H13ClN4O/c1-16(7-9-5-15-17(2)8-9)12(18)10-3-4-14-6-11(10)13/h3-6,8H,7H2,1-2H3. The monoisotopic (exact) mass is 264 g/mol. The van der Waals surface area contributed by atoms with Gasteiger partial charge in [-0.3, -0.25) is 14.5 Å². The number of aromatic nitrogens is 3. The molecule has 0 saturated heterocycles. The number of pyridine rings is 1. The van der Waals surface area contributed by atoms with Crippen LogP contribution in [0.1, 0.15) is 15.9 Å². The van der Waals surface area contributed by atoms with Crippen LogP contribution in [0.25, 0.3) is 0 Å². The molecule has 1 amide bonds. The topological polar surface area (TPSA) is 51.0 Å². The lowest BCUT2D eigenvalue weighted by molar-refractivity contribution is 0.0785. The number of rotatable bonds is 3. The molecule has 18 heavy (non-hydrogen) atoms. The van der Waals surface area contributed by atoms with Crippen LogP contribution in [0.15, 0.2) is 30.9 Å². The zero-order valence-electron chi connectivity index (χ0n) is 10.2. The van der Waals surface area contributed by atoms with Gasteiger partial charge in [0.2, 0.25) is 0 Å². The van der Waals surface area contributed by atoms with E-state index in [-0.39, 0.29) is 5.91 Å². The Morgan fingerprint density at radius 3 is 2.89 bits per heavy atom. The number of carbonyl (C=O) groups excluding carboxylic acids is 1. The molecule has 6 heteroatoms. The number of nitrogens with zero attached hydrogens (tertiary/aromatic N) is 4. The molecule has 94 valence electrons. The minimum absolute atomic E-state index is 0.133. The number of hydrogen-bond acceptors (Lipinski definition) is 3. The largest absolute Gasteiger partial charge is 0.337 e. The normalized spacial score (nSPS) is 10.4. The lowest BCUT2D eigenvalue weighted by Crippen LogP contribution is -2.26. The summed E-state index contributed by atoms with van der Waals surface area (Å²) in [6.45, 7) is 0.491. The van der Waals surface area contributed by atoms with Crippen molar-refractivity contribution in [1.29, 1.82) is 0 Å². The van der Waals surface area contributed by atoms with E-state index in [9.17, 15) is 4.79 Å². The lowest BCUT2D eigenvalue weighted by Gasteiger charge is -2.16. The molecule has 5 nitrogen and oxygen atoms in total. The summed E-state index contributed by atoms with van der Waals surface area (Å²) < 4.78 is 1.70. The highest BCUT2D eigenvalue weighted by molar-refractivity contribution is 6.33. The molecule has 2 heterocycles. The Balaban J connectivity index is 2.12. The van der Waals surface area contributed by atoms with Gasteiger partial charge in [-0.1, -0.05) is 11.6 Å². The number of amides is 1. The molecule has 0 aliphatic rings. The highest BCUT2D eigenvalue weighted by Crippen LogP contribution is 2.16. The Labute approximate surface area is 110 Å². The predicted octanol–water partition coefficient (Wildman–Crippen LogP) is 1.74. The van der Waals surface area contributed by atoms with Gasteiger partial charge in [-0.05, 0) is 6.07 Å². The van der Waals surface area contributed by atoms with E-state index in [1.807, 2.05) is 13.2 Å². The molecular formula is C12H13ClN4O. The van der Waals surface area contributed by atoms with Crippen LogP contribution in [-0.2, 0) is 13.6 Å². The second-order valence-electron chi connectivity index (χ2n) is 4.04. The van der Waals surface area contributed by atoms with Crippen LogP contribution in [0, 0.1) is 0 Å². The summed E-state index contributed by atoms with van der Waals surface area (Å²) >= 11 is 5.94. The molecule has 0 radical (unpaired) electrons. The highest BCUT2D eigenvalue weighted by Gasteiger charge is 2.15. The van der Waals surface area contributed by atoms with Crippen LogP contribution in [0.3, 0.4) is 0 Å². The molecule has 0 N–H and O–H groups in total. The van der Waals surface area contributed by atoms with E-state index in [4.69, 9.17) is 11.6 Å². The molecule has 0 fully saturated rings. The molecule has 2 rings (SSSR count). The fraction of sp³-hybridized carbons (Fsp3) is 0.250. The molecule has 0 bridgehead atoms. The van der Waals surface area contributed by atoms with Crippen molar-refractivity contribution in [3.8, 4) is 0 Å². The maximum absolute atomic E-state index is 12.2. The van der Waals surface area contributed by atoms with Gasteiger partial charge in [0.1, 0.15) is 0 Å². The summed E-state index contributed by atoms with van der Waals surface area (Å²) in [5.74, 6) is -0.133. The third-order valence-electron chi connectivity index (χ3n) is 2.53. The SMILES string of the molecule is CN(Cc1cnn(C)c1)C(=O)c1ccncc1Cl. The van der Waals surface area contributed by atoms with Crippen LogP contribution in [-0.4, -0.2) is 32.6 Å². The Bertz CT molecular complexity index is 567. The van der Waals surface area contributed by atoms with Crippen molar-refractivity contribution >= 4 is 17.5 Å².